The van der Waals surface area contributed by atoms with Crippen molar-refractivity contribution in [3.63, 3.8) is 0 Å². The average molecular weight is 438 g/mol. The highest BCUT2D eigenvalue weighted by molar-refractivity contribution is 5.91. The number of H-pyrrole nitrogens is 1. The fourth-order valence-corrected chi connectivity index (χ4v) is 7.35. The zero-order valence-corrected chi connectivity index (χ0v) is 19.7. The molecule has 4 fully saturated rings. The van der Waals surface area contributed by atoms with Crippen LogP contribution in [0, 0.1) is 42.9 Å². The van der Waals surface area contributed by atoms with Gasteiger partial charge in [-0.05, 0) is 123 Å². The van der Waals surface area contributed by atoms with Crippen LogP contribution in [0.5, 0.6) is 5.75 Å². The number of allylic oxidation sites excluding steroid dienone is 1. The molecule has 0 unspecified atom stereocenters. The van der Waals surface area contributed by atoms with Crippen molar-refractivity contribution in [3.05, 3.63) is 58.4 Å². The second-order valence-electron chi connectivity index (χ2n) is 10.9. The number of benzene rings is 2. The minimum absolute atomic E-state index is 0.310. The van der Waals surface area contributed by atoms with E-state index in [1.54, 1.807) is 7.11 Å². The summed E-state index contributed by atoms with van der Waals surface area (Å²) in [6.07, 6.45) is 10.2. The Bertz CT molecular complexity index is 1250. The number of imidazole rings is 1. The standard InChI is InChI=1S/C29H31N3O/c1-17-6-25-26(7-18(17)2)32-28(31-25)23(16-30)11-22-12-24(4-5-27(22)33-3)29-13-19-8-20(14-29)10-21(9-19)15-29/h4-7,11-12,19-21H,8-10,13-15H2,1-3H3,(H,31,32)/b23-11+. The number of aromatic nitrogens is 2. The molecule has 4 aliphatic rings. The topological polar surface area (TPSA) is 61.7 Å². The van der Waals surface area contributed by atoms with Gasteiger partial charge in [0.15, 0.2) is 0 Å². The Morgan fingerprint density at radius 2 is 1.73 bits per heavy atom. The number of aryl methyl sites for hydroxylation is 2. The molecule has 33 heavy (non-hydrogen) atoms. The van der Waals surface area contributed by atoms with Gasteiger partial charge in [0.2, 0.25) is 0 Å². The number of hydrogen-bond acceptors (Lipinski definition) is 3. The molecular formula is C29H31N3O. The molecule has 4 aliphatic carbocycles. The summed E-state index contributed by atoms with van der Waals surface area (Å²) in [5.74, 6) is 4.11. The molecule has 4 bridgehead atoms. The van der Waals surface area contributed by atoms with Crippen LogP contribution in [0.4, 0.5) is 0 Å². The molecule has 4 saturated carbocycles. The maximum Gasteiger partial charge on any atom is 0.149 e. The monoisotopic (exact) mass is 437 g/mol. The van der Waals surface area contributed by atoms with Crippen LogP contribution in [0.1, 0.15) is 66.6 Å². The molecule has 0 atom stereocenters. The van der Waals surface area contributed by atoms with Crippen molar-refractivity contribution >= 4 is 22.7 Å². The van der Waals surface area contributed by atoms with Gasteiger partial charge >= 0.3 is 0 Å². The molecule has 0 aliphatic heterocycles. The highest BCUT2D eigenvalue weighted by Gasteiger charge is 2.51. The Hall–Kier alpha value is -3.06. The number of ether oxygens (including phenoxy) is 1. The van der Waals surface area contributed by atoms with Crippen LogP contribution in [0.2, 0.25) is 0 Å². The fourth-order valence-electron chi connectivity index (χ4n) is 7.35. The zero-order valence-electron chi connectivity index (χ0n) is 19.7. The van der Waals surface area contributed by atoms with Crippen LogP contribution in [0.15, 0.2) is 30.3 Å². The van der Waals surface area contributed by atoms with Crippen molar-refractivity contribution in [3.8, 4) is 11.8 Å². The molecule has 0 radical (unpaired) electrons. The third-order valence-electron chi connectivity index (χ3n) is 8.65. The van der Waals surface area contributed by atoms with Crippen molar-refractivity contribution in [1.29, 1.82) is 5.26 Å². The SMILES string of the molecule is COc1ccc(C23CC4CC(CC(C4)C2)C3)cc1/C=C(\C#N)c1nc2cc(C)c(C)cc2[nH]1. The molecule has 1 N–H and O–H groups in total. The summed E-state index contributed by atoms with van der Waals surface area (Å²) >= 11 is 0. The largest absolute Gasteiger partial charge is 0.496 e. The van der Waals surface area contributed by atoms with Gasteiger partial charge in [0, 0.05) is 5.56 Å². The third kappa shape index (κ3) is 3.37. The molecule has 0 saturated heterocycles. The average Bonchev–Trinajstić information content (AvgIpc) is 3.19. The number of hydrogen-bond donors (Lipinski definition) is 1. The van der Waals surface area contributed by atoms with E-state index in [2.05, 4.69) is 55.2 Å². The Labute approximate surface area is 195 Å². The lowest BCUT2D eigenvalue weighted by Crippen LogP contribution is -2.48. The minimum Gasteiger partial charge on any atom is -0.496 e. The molecule has 4 heteroatoms. The molecule has 2 aromatic carbocycles. The normalized spacial score (nSPS) is 28.3. The van der Waals surface area contributed by atoms with Crippen molar-refractivity contribution in [2.75, 3.05) is 7.11 Å². The van der Waals surface area contributed by atoms with E-state index in [9.17, 15) is 5.26 Å². The van der Waals surface area contributed by atoms with Crippen LogP contribution < -0.4 is 4.74 Å². The minimum atomic E-state index is 0.310. The highest BCUT2D eigenvalue weighted by Crippen LogP contribution is 2.61. The number of methoxy groups -OCH3 is 1. The smallest absolute Gasteiger partial charge is 0.149 e. The lowest BCUT2D eigenvalue weighted by Gasteiger charge is -2.57. The van der Waals surface area contributed by atoms with E-state index in [1.165, 1.54) is 55.2 Å². The molecule has 168 valence electrons. The van der Waals surface area contributed by atoms with Crippen LogP contribution in [-0.2, 0) is 5.41 Å². The molecule has 7 rings (SSSR count). The fraction of sp³-hybridized carbons (Fsp3) is 0.448. The summed E-state index contributed by atoms with van der Waals surface area (Å²) in [7, 11) is 1.70. The number of nitriles is 1. The Morgan fingerprint density at radius 3 is 2.36 bits per heavy atom. The van der Waals surface area contributed by atoms with E-state index in [4.69, 9.17) is 9.72 Å². The van der Waals surface area contributed by atoms with E-state index in [0.717, 1.165) is 40.1 Å². The maximum absolute atomic E-state index is 10.0. The van der Waals surface area contributed by atoms with Gasteiger partial charge in [0.05, 0.1) is 23.7 Å². The molecular weight excluding hydrogens is 406 g/mol. The van der Waals surface area contributed by atoms with E-state index in [-0.39, 0.29) is 0 Å². The van der Waals surface area contributed by atoms with Gasteiger partial charge in [-0.25, -0.2) is 4.98 Å². The first-order valence-corrected chi connectivity index (χ1v) is 12.2. The second-order valence-corrected chi connectivity index (χ2v) is 10.9. The molecule has 4 nitrogen and oxygen atoms in total. The molecule has 0 spiro atoms. The van der Waals surface area contributed by atoms with E-state index in [1.807, 2.05) is 6.08 Å². The van der Waals surface area contributed by atoms with Crippen molar-refractivity contribution < 1.29 is 4.74 Å². The second kappa shape index (κ2) is 7.48. The maximum atomic E-state index is 10.0. The van der Waals surface area contributed by atoms with Gasteiger partial charge < -0.3 is 9.72 Å². The Balaban J connectivity index is 1.42. The van der Waals surface area contributed by atoms with Gasteiger partial charge in [-0.1, -0.05) is 6.07 Å². The summed E-state index contributed by atoms with van der Waals surface area (Å²) < 4.78 is 5.71. The lowest BCUT2D eigenvalue weighted by molar-refractivity contribution is -0.00521. The van der Waals surface area contributed by atoms with Gasteiger partial charge in [0.1, 0.15) is 17.6 Å². The van der Waals surface area contributed by atoms with Gasteiger partial charge in [-0.3, -0.25) is 0 Å². The number of rotatable bonds is 4. The van der Waals surface area contributed by atoms with E-state index in [0.29, 0.717) is 16.8 Å². The predicted molar refractivity (Wildman–Crippen MR) is 132 cm³/mol. The first-order valence-electron chi connectivity index (χ1n) is 12.2. The van der Waals surface area contributed by atoms with Crippen molar-refractivity contribution in [1.82, 2.24) is 9.97 Å². The first-order chi connectivity index (χ1) is 16.0. The molecule has 3 aromatic rings. The third-order valence-corrected chi connectivity index (χ3v) is 8.65. The first kappa shape index (κ1) is 20.5. The Kier molecular flexibility index (Phi) is 4.66. The van der Waals surface area contributed by atoms with Crippen LogP contribution in [0.25, 0.3) is 22.7 Å². The number of aromatic amines is 1. The summed E-state index contributed by atoms with van der Waals surface area (Å²) in [5, 5.41) is 10.0. The lowest BCUT2D eigenvalue weighted by atomic mass is 9.48. The summed E-state index contributed by atoms with van der Waals surface area (Å²) in [4.78, 5) is 8.08. The Morgan fingerprint density at radius 1 is 1.06 bits per heavy atom. The quantitative estimate of drug-likeness (QED) is 0.461. The van der Waals surface area contributed by atoms with Crippen LogP contribution in [-0.4, -0.2) is 17.1 Å². The number of nitrogens with one attached hydrogen (secondary N) is 1. The molecule has 1 heterocycles. The number of nitrogens with zero attached hydrogens (tertiary/aromatic N) is 2. The van der Waals surface area contributed by atoms with E-state index < -0.39 is 0 Å². The van der Waals surface area contributed by atoms with Crippen molar-refractivity contribution in [2.24, 2.45) is 17.8 Å². The van der Waals surface area contributed by atoms with E-state index >= 15 is 0 Å². The summed E-state index contributed by atoms with van der Waals surface area (Å²) in [6, 6.07) is 13.2. The predicted octanol–water partition coefficient (Wildman–Crippen LogP) is 6.72. The summed E-state index contributed by atoms with van der Waals surface area (Å²) in [5.41, 5.74) is 7.51. The van der Waals surface area contributed by atoms with Crippen molar-refractivity contribution in [2.45, 2.75) is 57.8 Å². The van der Waals surface area contributed by atoms with Crippen LogP contribution >= 0.6 is 0 Å². The highest BCUT2D eigenvalue weighted by atomic mass is 16.5. The van der Waals surface area contributed by atoms with Crippen LogP contribution in [0.3, 0.4) is 0 Å². The van der Waals surface area contributed by atoms with Gasteiger partial charge in [0.25, 0.3) is 0 Å². The van der Waals surface area contributed by atoms with Gasteiger partial charge in [-0.15, -0.1) is 0 Å². The number of fused-ring (bicyclic) bond motifs is 1. The molecule has 1 aromatic heterocycles. The van der Waals surface area contributed by atoms with Gasteiger partial charge in [-0.2, -0.15) is 5.26 Å². The molecule has 0 amide bonds. The zero-order chi connectivity index (χ0) is 22.7. The summed E-state index contributed by atoms with van der Waals surface area (Å²) in [6.45, 7) is 4.18.